The molecule has 0 aliphatic carbocycles. The second-order valence-corrected chi connectivity index (χ2v) is 7.91. The molecular weight excluding hydrogens is 387 g/mol. The first kappa shape index (κ1) is 19.2. The molecule has 1 aliphatic rings. The van der Waals surface area contributed by atoms with Gasteiger partial charge in [-0.05, 0) is 61.0 Å². The molecule has 0 radical (unpaired) electrons. The molecule has 2 amide bonds. The molecule has 6 heteroatoms. The van der Waals surface area contributed by atoms with Gasteiger partial charge < -0.3 is 5.32 Å². The SMILES string of the molecule is Cc1ccc(C(=O)Nc2ccc(C3SCC(=O)N3c3ccc(F)cc3)cc2)cc1. The summed E-state index contributed by atoms with van der Waals surface area (Å²) in [6, 6.07) is 20.8. The fourth-order valence-electron chi connectivity index (χ4n) is 3.19. The van der Waals surface area contributed by atoms with Gasteiger partial charge in [-0.15, -0.1) is 11.8 Å². The van der Waals surface area contributed by atoms with Crippen molar-refractivity contribution >= 4 is 35.0 Å². The molecule has 0 bridgehead atoms. The Morgan fingerprint density at radius 2 is 1.66 bits per heavy atom. The number of hydrogen-bond acceptors (Lipinski definition) is 3. The number of benzene rings is 3. The molecule has 3 aromatic carbocycles. The molecule has 1 saturated heterocycles. The van der Waals surface area contributed by atoms with Crippen molar-refractivity contribution in [1.82, 2.24) is 0 Å². The van der Waals surface area contributed by atoms with Gasteiger partial charge in [0.2, 0.25) is 5.91 Å². The number of nitrogens with zero attached hydrogens (tertiary/aromatic N) is 1. The quantitative estimate of drug-likeness (QED) is 0.651. The van der Waals surface area contributed by atoms with E-state index in [1.54, 1.807) is 29.2 Å². The number of carbonyl (C=O) groups is 2. The van der Waals surface area contributed by atoms with Gasteiger partial charge in [-0.2, -0.15) is 0 Å². The predicted molar refractivity (Wildman–Crippen MR) is 115 cm³/mol. The van der Waals surface area contributed by atoms with Crippen LogP contribution in [-0.2, 0) is 4.79 Å². The van der Waals surface area contributed by atoms with Crippen LogP contribution in [0.25, 0.3) is 0 Å². The average molecular weight is 406 g/mol. The van der Waals surface area contributed by atoms with E-state index in [1.807, 2.05) is 43.3 Å². The molecule has 146 valence electrons. The van der Waals surface area contributed by atoms with E-state index in [4.69, 9.17) is 0 Å². The van der Waals surface area contributed by atoms with Crippen molar-refractivity contribution in [3.63, 3.8) is 0 Å². The van der Waals surface area contributed by atoms with Crippen LogP contribution in [0.1, 0.15) is 26.9 Å². The minimum Gasteiger partial charge on any atom is -0.322 e. The molecule has 1 atom stereocenters. The third-order valence-electron chi connectivity index (χ3n) is 4.74. The zero-order valence-corrected chi connectivity index (χ0v) is 16.6. The Morgan fingerprint density at radius 3 is 2.31 bits per heavy atom. The highest BCUT2D eigenvalue weighted by Gasteiger charge is 2.34. The number of anilines is 2. The lowest BCUT2D eigenvalue weighted by atomic mass is 10.1. The van der Waals surface area contributed by atoms with Gasteiger partial charge >= 0.3 is 0 Å². The van der Waals surface area contributed by atoms with E-state index < -0.39 is 0 Å². The molecule has 1 N–H and O–H groups in total. The second-order valence-electron chi connectivity index (χ2n) is 6.85. The third-order valence-corrected chi connectivity index (χ3v) is 5.95. The maximum absolute atomic E-state index is 13.2. The molecule has 3 aromatic rings. The second kappa shape index (κ2) is 8.09. The van der Waals surface area contributed by atoms with Gasteiger partial charge in [-0.25, -0.2) is 4.39 Å². The molecule has 4 nitrogen and oxygen atoms in total. The van der Waals surface area contributed by atoms with E-state index >= 15 is 0 Å². The van der Waals surface area contributed by atoms with E-state index in [0.717, 1.165) is 11.1 Å². The highest BCUT2D eigenvalue weighted by atomic mass is 32.2. The fraction of sp³-hybridized carbons (Fsp3) is 0.130. The van der Waals surface area contributed by atoms with Crippen molar-refractivity contribution in [1.29, 1.82) is 0 Å². The monoisotopic (exact) mass is 406 g/mol. The smallest absolute Gasteiger partial charge is 0.255 e. The number of rotatable bonds is 4. The molecular formula is C23H19FN2O2S. The molecule has 4 rings (SSSR count). The highest BCUT2D eigenvalue weighted by Crippen LogP contribution is 2.41. The topological polar surface area (TPSA) is 49.4 Å². The summed E-state index contributed by atoms with van der Waals surface area (Å²) < 4.78 is 13.2. The lowest BCUT2D eigenvalue weighted by Gasteiger charge is -2.24. The molecule has 0 aromatic heterocycles. The van der Waals surface area contributed by atoms with Gasteiger partial charge in [-0.1, -0.05) is 29.8 Å². The van der Waals surface area contributed by atoms with Gasteiger partial charge in [0.1, 0.15) is 11.2 Å². The zero-order chi connectivity index (χ0) is 20.4. The summed E-state index contributed by atoms with van der Waals surface area (Å²) in [5, 5.41) is 2.70. The lowest BCUT2D eigenvalue weighted by molar-refractivity contribution is -0.115. The van der Waals surface area contributed by atoms with Crippen LogP contribution >= 0.6 is 11.8 Å². The Kier molecular flexibility index (Phi) is 5.36. The zero-order valence-electron chi connectivity index (χ0n) is 15.8. The molecule has 0 spiro atoms. The Balaban J connectivity index is 1.50. The van der Waals surface area contributed by atoms with E-state index in [2.05, 4.69) is 5.32 Å². The van der Waals surface area contributed by atoms with Crippen molar-refractivity contribution in [3.05, 3.63) is 95.3 Å². The fourth-order valence-corrected chi connectivity index (χ4v) is 4.37. The van der Waals surface area contributed by atoms with Crippen LogP contribution in [0, 0.1) is 12.7 Å². The van der Waals surface area contributed by atoms with Crippen LogP contribution in [0.5, 0.6) is 0 Å². The van der Waals surface area contributed by atoms with Gasteiger partial charge in [0.25, 0.3) is 5.91 Å². The number of carbonyl (C=O) groups excluding carboxylic acids is 2. The number of aryl methyl sites for hydroxylation is 1. The highest BCUT2D eigenvalue weighted by molar-refractivity contribution is 8.00. The third kappa shape index (κ3) is 4.17. The van der Waals surface area contributed by atoms with Crippen molar-refractivity contribution < 1.29 is 14.0 Å². The van der Waals surface area contributed by atoms with Gasteiger partial charge in [0, 0.05) is 16.9 Å². The summed E-state index contributed by atoms with van der Waals surface area (Å²) in [6.07, 6.45) is 0. The van der Waals surface area contributed by atoms with Crippen molar-refractivity contribution in [2.75, 3.05) is 16.0 Å². The number of hydrogen-bond donors (Lipinski definition) is 1. The van der Waals surface area contributed by atoms with E-state index in [0.29, 0.717) is 22.7 Å². The van der Waals surface area contributed by atoms with Crippen LogP contribution in [-0.4, -0.2) is 17.6 Å². The van der Waals surface area contributed by atoms with Crippen LogP contribution < -0.4 is 10.2 Å². The molecule has 1 aliphatic heterocycles. The summed E-state index contributed by atoms with van der Waals surface area (Å²) in [5.74, 6) is -0.147. The summed E-state index contributed by atoms with van der Waals surface area (Å²) >= 11 is 1.52. The Bertz CT molecular complexity index is 1030. The van der Waals surface area contributed by atoms with Gasteiger partial charge in [0.05, 0.1) is 5.75 Å². The van der Waals surface area contributed by atoms with E-state index in [-0.39, 0.29) is 23.0 Å². The molecule has 1 fully saturated rings. The average Bonchev–Trinajstić information content (AvgIpc) is 3.11. The van der Waals surface area contributed by atoms with Crippen molar-refractivity contribution in [2.24, 2.45) is 0 Å². The summed E-state index contributed by atoms with van der Waals surface area (Å²) in [7, 11) is 0. The number of halogens is 1. The number of amides is 2. The van der Waals surface area contributed by atoms with Crippen LogP contribution in [0.4, 0.5) is 15.8 Å². The van der Waals surface area contributed by atoms with E-state index in [1.165, 1.54) is 23.9 Å². The summed E-state index contributed by atoms with van der Waals surface area (Å²) in [6.45, 7) is 1.97. The minimum absolute atomic E-state index is 0.0108. The van der Waals surface area contributed by atoms with Crippen LogP contribution in [0.15, 0.2) is 72.8 Å². The number of nitrogens with one attached hydrogen (secondary N) is 1. The standard InChI is InChI=1S/C23H19FN2O2S/c1-15-2-4-16(5-3-15)22(28)25-19-10-6-17(7-11-19)23-26(21(27)14-29-23)20-12-8-18(24)9-13-20/h2-13,23H,14H2,1H3,(H,25,28). The summed E-state index contributed by atoms with van der Waals surface area (Å²) in [4.78, 5) is 26.5. The van der Waals surface area contributed by atoms with Crippen LogP contribution in [0.2, 0.25) is 0 Å². The molecule has 0 saturated carbocycles. The Hall–Kier alpha value is -3.12. The maximum atomic E-state index is 13.2. The van der Waals surface area contributed by atoms with Crippen molar-refractivity contribution in [2.45, 2.75) is 12.3 Å². The predicted octanol–water partition coefficient (Wildman–Crippen LogP) is 5.17. The maximum Gasteiger partial charge on any atom is 0.255 e. The van der Waals surface area contributed by atoms with Crippen molar-refractivity contribution in [3.8, 4) is 0 Å². The lowest BCUT2D eigenvalue weighted by Crippen LogP contribution is -2.27. The first-order chi connectivity index (χ1) is 14.0. The number of thioether (sulfide) groups is 1. The van der Waals surface area contributed by atoms with Gasteiger partial charge in [0.15, 0.2) is 0 Å². The molecule has 1 heterocycles. The van der Waals surface area contributed by atoms with E-state index in [9.17, 15) is 14.0 Å². The molecule has 1 unspecified atom stereocenters. The van der Waals surface area contributed by atoms with Crippen LogP contribution in [0.3, 0.4) is 0 Å². The summed E-state index contributed by atoms with van der Waals surface area (Å²) in [5.41, 5.74) is 3.99. The first-order valence-electron chi connectivity index (χ1n) is 9.18. The Morgan fingerprint density at radius 1 is 1.00 bits per heavy atom. The largest absolute Gasteiger partial charge is 0.322 e. The molecule has 29 heavy (non-hydrogen) atoms. The minimum atomic E-state index is -0.335. The van der Waals surface area contributed by atoms with Gasteiger partial charge in [-0.3, -0.25) is 14.5 Å². The normalized spacial score (nSPS) is 16.1. The first-order valence-corrected chi connectivity index (χ1v) is 10.2. The Labute approximate surface area is 172 Å².